The molecule has 1 atom stereocenters. The summed E-state index contributed by atoms with van der Waals surface area (Å²) in [6, 6.07) is 4.42. The van der Waals surface area contributed by atoms with E-state index in [1.165, 1.54) is 43.1 Å². The van der Waals surface area contributed by atoms with Gasteiger partial charge in [0.05, 0.1) is 38.2 Å². The van der Waals surface area contributed by atoms with Gasteiger partial charge in [0.1, 0.15) is 18.5 Å². The van der Waals surface area contributed by atoms with Crippen LogP contribution in [0.1, 0.15) is 25.0 Å². The van der Waals surface area contributed by atoms with Gasteiger partial charge in [-0.3, -0.25) is 4.79 Å². The molecule has 186 valence electrons. The molecule has 0 unspecified atom stereocenters. The minimum atomic E-state index is -0.819. The van der Waals surface area contributed by atoms with Gasteiger partial charge in [0.2, 0.25) is 5.95 Å². The Morgan fingerprint density at radius 1 is 1.23 bits per heavy atom. The van der Waals surface area contributed by atoms with Gasteiger partial charge in [-0.15, -0.1) is 0 Å². The van der Waals surface area contributed by atoms with Crippen LogP contribution in [0.25, 0.3) is 0 Å². The normalized spacial score (nSPS) is 16.8. The van der Waals surface area contributed by atoms with E-state index in [4.69, 9.17) is 18.9 Å². The second kappa shape index (κ2) is 9.96. The molecule has 4 rings (SSSR count). The average molecular weight is 488 g/mol. The molecule has 3 aromatic rings. The Labute approximate surface area is 200 Å². The van der Waals surface area contributed by atoms with Crippen molar-refractivity contribution in [2.75, 3.05) is 19.0 Å². The van der Waals surface area contributed by atoms with Gasteiger partial charge in [-0.2, -0.15) is 0 Å². The van der Waals surface area contributed by atoms with E-state index in [1.807, 2.05) is 13.8 Å². The predicted octanol–water partition coefficient (Wildman–Crippen LogP) is 3.71. The van der Waals surface area contributed by atoms with Crippen LogP contribution < -0.4 is 20.3 Å². The lowest BCUT2D eigenvalue weighted by Gasteiger charge is -2.17. The van der Waals surface area contributed by atoms with Crippen molar-refractivity contribution in [3.63, 3.8) is 0 Å². The summed E-state index contributed by atoms with van der Waals surface area (Å²) in [6.07, 6.45) is 4.16. The Balaban J connectivity index is 1.37. The molecule has 0 saturated carbocycles. The fraction of sp³-hybridized carbons (Fsp3) is 0.375. The van der Waals surface area contributed by atoms with E-state index in [1.54, 1.807) is 12.3 Å². The van der Waals surface area contributed by atoms with E-state index in [-0.39, 0.29) is 46.8 Å². The monoisotopic (exact) mass is 488 g/mol. The third-order valence-corrected chi connectivity index (χ3v) is 5.39. The first-order valence-corrected chi connectivity index (χ1v) is 10.9. The first-order valence-electron chi connectivity index (χ1n) is 10.9. The van der Waals surface area contributed by atoms with Crippen molar-refractivity contribution in [3.05, 3.63) is 69.9 Å². The third-order valence-electron chi connectivity index (χ3n) is 5.39. The molecule has 0 amide bonds. The molecule has 2 aromatic heterocycles. The van der Waals surface area contributed by atoms with Gasteiger partial charge in [-0.25, -0.2) is 18.7 Å². The van der Waals surface area contributed by atoms with Gasteiger partial charge in [0.25, 0.3) is 5.56 Å². The lowest BCUT2D eigenvalue weighted by Crippen LogP contribution is -2.29. The predicted molar refractivity (Wildman–Crippen MR) is 123 cm³/mol. The number of nitrogens with zero attached hydrogens (tertiary/aromatic N) is 3. The number of nitrogens with one attached hydrogen (secondary N) is 1. The Kier molecular flexibility index (Phi) is 6.99. The highest BCUT2D eigenvalue weighted by Gasteiger charge is 2.32. The number of hydrogen-bond acceptors (Lipinski definition) is 8. The van der Waals surface area contributed by atoms with Crippen LogP contribution in [0.5, 0.6) is 11.5 Å². The topological polar surface area (TPSA) is 96.7 Å². The molecule has 9 nitrogen and oxygen atoms in total. The maximum Gasteiger partial charge on any atom is 0.252 e. The van der Waals surface area contributed by atoms with Gasteiger partial charge in [-0.1, -0.05) is 0 Å². The van der Waals surface area contributed by atoms with Crippen molar-refractivity contribution in [2.24, 2.45) is 0 Å². The van der Waals surface area contributed by atoms with Crippen molar-refractivity contribution < 1.29 is 27.7 Å². The standard InChI is InChI=1S/C24H26F2N4O5/c1-14-7-19(32-4)22(26)18(21(14)25)13-33-16-9-27-23(28-10-16)29-15-5-6-30(20(31)8-15)11-17-12-34-24(2,3)35-17/h5-10,17H,11-13H2,1-4H3,(H,27,28,29)/t17-/m0/s1. The number of hydrogen-bond donors (Lipinski definition) is 1. The van der Waals surface area contributed by atoms with Gasteiger partial charge in [-0.05, 0) is 38.5 Å². The summed E-state index contributed by atoms with van der Waals surface area (Å²) < 4.78 is 52.0. The second-order valence-corrected chi connectivity index (χ2v) is 8.52. The van der Waals surface area contributed by atoms with Crippen molar-refractivity contribution in [2.45, 2.75) is 45.8 Å². The second-order valence-electron chi connectivity index (χ2n) is 8.52. The zero-order valence-electron chi connectivity index (χ0n) is 19.8. The highest BCUT2D eigenvalue weighted by molar-refractivity contribution is 5.51. The Hall–Kier alpha value is -3.57. The molecular weight excluding hydrogens is 462 g/mol. The van der Waals surface area contributed by atoms with E-state index in [9.17, 15) is 13.6 Å². The van der Waals surface area contributed by atoms with Crippen molar-refractivity contribution in [1.82, 2.24) is 14.5 Å². The molecule has 0 spiro atoms. The van der Waals surface area contributed by atoms with E-state index >= 15 is 0 Å². The number of aromatic nitrogens is 3. The smallest absolute Gasteiger partial charge is 0.252 e. The molecule has 11 heteroatoms. The van der Waals surface area contributed by atoms with Crippen molar-refractivity contribution >= 4 is 11.6 Å². The Morgan fingerprint density at radius 3 is 2.60 bits per heavy atom. The summed E-state index contributed by atoms with van der Waals surface area (Å²) in [6.45, 7) is 5.60. The molecule has 1 fully saturated rings. The van der Waals surface area contributed by atoms with Crippen LogP contribution in [0.15, 0.2) is 41.6 Å². The van der Waals surface area contributed by atoms with Gasteiger partial charge in [0, 0.05) is 18.0 Å². The first-order chi connectivity index (χ1) is 16.6. The van der Waals surface area contributed by atoms with Crippen LogP contribution in [0.2, 0.25) is 0 Å². The first kappa shape index (κ1) is 24.6. The van der Waals surface area contributed by atoms with Crippen LogP contribution in [-0.2, 0) is 22.6 Å². The van der Waals surface area contributed by atoms with E-state index < -0.39 is 17.4 Å². The number of aryl methyl sites for hydroxylation is 1. The van der Waals surface area contributed by atoms with E-state index in [0.717, 1.165) is 0 Å². The number of ether oxygens (including phenoxy) is 4. The highest BCUT2D eigenvalue weighted by Crippen LogP contribution is 2.27. The average Bonchev–Trinajstić information content (AvgIpc) is 3.17. The van der Waals surface area contributed by atoms with Gasteiger partial charge in [0.15, 0.2) is 23.1 Å². The fourth-order valence-corrected chi connectivity index (χ4v) is 3.63. The minimum absolute atomic E-state index is 0.0619. The SMILES string of the molecule is COc1cc(C)c(F)c(COc2cnc(Nc3ccn(C[C@H]4COC(C)(C)O4)c(=O)c3)nc2)c1F. The number of pyridine rings is 1. The molecule has 3 heterocycles. The summed E-state index contributed by atoms with van der Waals surface area (Å²) in [5.74, 6) is -1.80. The molecule has 1 saturated heterocycles. The highest BCUT2D eigenvalue weighted by atomic mass is 19.1. The summed E-state index contributed by atoms with van der Waals surface area (Å²) in [5, 5.41) is 2.94. The van der Waals surface area contributed by atoms with E-state index in [0.29, 0.717) is 18.8 Å². The third kappa shape index (κ3) is 5.75. The van der Waals surface area contributed by atoms with Crippen LogP contribution in [-0.4, -0.2) is 40.1 Å². The molecule has 1 aliphatic heterocycles. The lowest BCUT2D eigenvalue weighted by atomic mass is 10.1. The van der Waals surface area contributed by atoms with Gasteiger partial charge >= 0.3 is 0 Å². The summed E-state index contributed by atoms with van der Waals surface area (Å²) in [4.78, 5) is 20.7. The lowest BCUT2D eigenvalue weighted by molar-refractivity contribution is -0.139. The summed E-state index contributed by atoms with van der Waals surface area (Å²) >= 11 is 0. The van der Waals surface area contributed by atoms with Crippen molar-refractivity contribution in [1.29, 1.82) is 0 Å². The van der Waals surface area contributed by atoms with Crippen molar-refractivity contribution in [3.8, 4) is 11.5 Å². The zero-order valence-corrected chi connectivity index (χ0v) is 19.8. The molecule has 35 heavy (non-hydrogen) atoms. The number of benzene rings is 1. The summed E-state index contributed by atoms with van der Waals surface area (Å²) in [7, 11) is 1.31. The van der Waals surface area contributed by atoms with Gasteiger partial charge < -0.3 is 28.8 Å². The van der Waals surface area contributed by atoms with Crippen LogP contribution >= 0.6 is 0 Å². The number of anilines is 2. The molecule has 0 aliphatic carbocycles. The minimum Gasteiger partial charge on any atom is -0.494 e. The number of halogens is 2. The molecule has 1 aromatic carbocycles. The molecule has 1 N–H and O–H groups in total. The quantitative estimate of drug-likeness (QED) is 0.513. The number of rotatable bonds is 8. The maximum atomic E-state index is 14.4. The fourth-order valence-electron chi connectivity index (χ4n) is 3.63. The van der Waals surface area contributed by atoms with E-state index in [2.05, 4.69) is 15.3 Å². The molecule has 0 bridgehead atoms. The molecular formula is C24H26F2N4O5. The Bertz CT molecular complexity index is 1260. The summed E-state index contributed by atoms with van der Waals surface area (Å²) in [5.41, 5.74) is 0.274. The largest absolute Gasteiger partial charge is 0.494 e. The van der Waals surface area contributed by atoms with Crippen LogP contribution in [0.3, 0.4) is 0 Å². The maximum absolute atomic E-state index is 14.4. The Morgan fingerprint density at radius 2 is 1.97 bits per heavy atom. The molecule has 0 radical (unpaired) electrons. The zero-order chi connectivity index (χ0) is 25.2. The molecule has 1 aliphatic rings. The van der Waals surface area contributed by atoms with Crippen LogP contribution in [0.4, 0.5) is 20.4 Å². The number of methoxy groups -OCH3 is 1. The van der Waals surface area contributed by atoms with Crippen LogP contribution in [0, 0.1) is 18.6 Å².